The molecule has 0 spiro atoms. The van der Waals surface area contributed by atoms with Crippen LogP contribution in [0.1, 0.15) is 18.1 Å². The molecular formula is C13H19ClN2OS. The van der Waals surface area contributed by atoms with Gasteiger partial charge in [0.25, 0.3) is 0 Å². The van der Waals surface area contributed by atoms with Crippen molar-refractivity contribution in [3.8, 4) is 0 Å². The van der Waals surface area contributed by atoms with Crippen molar-refractivity contribution in [2.75, 3.05) is 19.0 Å². The van der Waals surface area contributed by atoms with Crippen LogP contribution in [0, 0.1) is 13.8 Å². The van der Waals surface area contributed by atoms with Crippen molar-refractivity contribution in [1.82, 2.24) is 5.32 Å². The Morgan fingerprint density at radius 1 is 1.44 bits per heavy atom. The van der Waals surface area contributed by atoms with Gasteiger partial charge >= 0.3 is 0 Å². The number of rotatable bonds is 4. The molecule has 0 fully saturated rings. The summed E-state index contributed by atoms with van der Waals surface area (Å²) in [6.45, 7) is 6.64. The molecule has 1 unspecified atom stereocenters. The normalized spacial score (nSPS) is 12.1. The molecule has 18 heavy (non-hydrogen) atoms. The number of thiocarbonyl (C=S) groups is 1. The number of aryl methyl sites for hydroxylation is 2. The van der Waals surface area contributed by atoms with E-state index in [1.807, 2.05) is 26.8 Å². The van der Waals surface area contributed by atoms with Crippen LogP contribution in [0.3, 0.4) is 0 Å². The first-order valence-electron chi connectivity index (χ1n) is 5.78. The zero-order valence-electron chi connectivity index (χ0n) is 11.1. The monoisotopic (exact) mass is 286 g/mol. The van der Waals surface area contributed by atoms with Crippen molar-refractivity contribution in [3.63, 3.8) is 0 Å². The number of hydrogen-bond donors (Lipinski definition) is 2. The van der Waals surface area contributed by atoms with Crippen LogP contribution in [0.4, 0.5) is 5.69 Å². The van der Waals surface area contributed by atoms with Crippen molar-refractivity contribution < 1.29 is 4.74 Å². The molecule has 0 radical (unpaired) electrons. The van der Waals surface area contributed by atoms with Gasteiger partial charge in [-0.3, -0.25) is 0 Å². The maximum Gasteiger partial charge on any atom is 0.170 e. The van der Waals surface area contributed by atoms with Gasteiger partial charge in [-0.1, -0.05) is 17.7 Å². The number of methoxy groups -OCH3 is 1. The highest BCUT2D eigenvalue weighted by atomic mass is 35.5. The van der Waals surface area contributed by atoms with Crippen molar-refractivity contribution in [1.29, 1.82) is 0 Å². The lowest BCUT2D eigenvalue weighted by Crippen LogP contribution is -2.34. The number of anilines is 1. The maximum atomic E-state index is 6.19. The Bertz CT molecular complexity index is 414. The van der Waals surface area contributed by atoms with Gasteiger partial charge in [-0.2, -0.15) is 0 Å². The number of nitrogens with one attached hydrogen (secondary N) is 2. The third kappa shape index (κ3) is 4.44. The van der Waals surface area contributed by atoms with E-state index in [2.05, 4.69) is 16.7 Å². The van der Waals surface area contributed by atoms with Gasteiger partial charge in [-0.25, -0.2) is 0 Å². The Hall–Kier alpha value is -0.840. The largest absolute Gasteiger partial charge is 0.380 e. The Kier molecular flexibility index (Phi) is 5.85. The molecular weight excluding hydrogens is 268 g/mol. The van der Waals surface area contributed by atoms with Crippen LogP contribution in [0.25, 0.3) is 0 Å². The summed E-state index contributed by atoms with van der Waals surface area (Å²) in [5.41, 5.74) is 3.06. The number of hydrogen-bond acceptors (Lipinski definition) is 2. The summed E-state index contributed by atoms with van der Waals surface area (Å²) in [6.07, 6.45) is 0.110. The fourth-order valence-electron chi connectivity index (χ4n) is 1.55. The van der Waals surface area contributed by atoms with Gasteiger partial charge in [-0.15, -0.1) is 0 Å². The fourth-order valence-corrected chi connectivity index (χ4v) is 2.11. The lowest BCUT2D eigenvalue weighted by Gasteiger charge is -2.16. The maximum absolute atomic E-state index is 6.19. The molecule has 0 saturated heterocycles. The van der Waals surface area contributed by atoms with E-state index in [1.54, 1.807) is 7.11 Å². The van der Waals surface area contributed by atoms with Crippen molar-refractivity contribution >= 4 is 34.6 Å². The van der Waals surface area contributed by atoms with E-state index in [4.69, 9.17) is 28.6 Å². The third-order valence-electron chi connectivity index (χ3n) is 2.62. The van der Waals surface area contributed by atoms with E-state index < -0.39 is 0 Å². The summed E-state index contributed by atoms with van der Waals surface area (Å²) in [4.78, 5) is 0. The fraction of sp³-hybridized carbons (Fsp3) is 0.462. The first kappa shape index (κ1) is 15.2. The molecule has 0 heterocycles. The quantitative estimate of drug-likeness (QED) is 0.833. The second-order valence-corrected chi connectivity index (χ2v) is 5.14. The molecule has 0 aliphatic carbocycles. The average molecular weight is 287 g/mol. The summed E-state index contributed by atoms with van der Waals surface area (Å²) in [7, 11) is 1.67. The van der Waals surface area contributed by atoms with E-state index in [0.29, 0.717) is 16.7 Å². The number of halogens is 1. The van der Waals surface area contributed by atoms with Crippen molar-refractivity contribution in [2.24, 2.45) is 0 Å². The Labute approximate surface area is 119 Å². The second kappa shape index (κ2) is 6.92. The molecule has 100 valence electrons. The Morgan fingerprint density at radius 3 is 2.67 bits per heavy atom. The average Bonchev–Trinajstić information content (AvgIpc) is 2.30. The molecule has 5 heteroatoms. The van der Waals surface area contributed by atoms with Gasteiger partial charge in [0.2, 0.25) is 0 Å². The van der Waals surface area contributed by atoms with E-state index in [-0.39, 0.29) is 6.10 Å². The third-order valence-corrected chi connectivity index (χ3v) is 3.17. The van der Waals surface area contributed by atoms with E-state index in [1.165, 1.54) is 0 Å². The van der Waals surface area contributed by atoms with Crippen LogP contribution in [0.15, 0.2) is 12.1 Å². The minimum Gasteiger partial charge on any atom is -0.380 e. The SMILES string of the molecule is COC(C)CNC(=S)Nc1c(C)cc(C)cc1Cl. The van der Waals surface area contributed by atoms with E-state index >= 15 is 0 Å². The van der Waals surface area contributed by atoms with Crippen LogP contribution in [-0.2, 0) is 4.74 Å². The zero-order valence-corrected chi connectivity index (χ0v) is 12.7. The molecule has 0 aliphatic rings. The van der Waals surface area contributed by atoms with Crippen LogP contribution in [-0.4, -0.2) is 24.9 Å². The van der Waals surface area contributed by atoms with Crippen LogP contribution in [0.2, 0.25) is 5.02 Å². The summed E-state index contributed by atoms with van der Waals surface area (Å²) >= 11 is 11.4. The van der Waals surface area contributed by atoms with Gasteiger partial charge in [0.1, 0.15) is 0 Å². The van der Waals surface area contributed by atoms with Crippen molar-refractivity contribution in [2.45, 2.75) is 26.9 Å². The second-order valence-electron chi connectivity index (χ2n) is 4.32. The molecule has 0 aromatic heterocycles. The summed E-state index contributed by atoms with van der Waals surface area (Å²) < 4.78 is 5.14. The smallest absolute Gasteiger partial charge is 0.170 e. The standard InChI is InChI=1S/C13H19ClN2OS/c1-8-5-9(2)12(11(14)6-8)16-13(18)15-7-10(3)17-4/h5-6,10H,7H2,1-4H3,(H2,15,16,18). The van der Waals surface area contributed by atoms with Crippen LogP contribution < -0.4 is 10.6 Å². The van der Waals surface area contributed by atoms with Gasteiger partial charge < -0.3 is 15.4 Å². The van der Waals surface area contributed by atoms with Gasteiger partial charge in [0.15, 0.2) is 5.11 Å². The minimum absolute atomic E-state index is 0.110. The molecule has 1 aromatic carbocycles. The molecule has 1 rings (SSSR count). The summed E-state index contributed by atoms with van der Waals surface area (Å²) in [6, 6.07) is 3.98. The highest BCUT2D eigenvalue weighted by Gasteiger charge is 2.07. The Morgan fingerprint density at radius 2 is 2.11 bits per heavy atom. The molecule has 3 nitrogen and oxygen atoms in total. The molecule has 2 N–H and O–H groups in total. The minimum atomic E-state index is 0.110. The first-order chi connectivity index (χ1) is 8.43. The molecule has 0 saturated carbocycles. The van der Waals surface area contributed by atoms with Crippen LogP contribution >= 0.6 is 23.8 Å². The van der Waals surface area contributed by atoms with E-state index in [0.717, 1.165) is 16.8 Å². The predicted octanol–water partition coefficient (Wildman–Crippen LogP) is 3.28. The molecule has 1 atom stereocenters. The highest BCUT2D eigenvalue weighted by molar-refractivity contribution is 7.80. The van der Waals surface area contributed by atoms with Gasteiger partial charge in [0.05, 0.1) is 16.8 Å². The summed E-state index contributed by atoms with van der Waals surface area (Å²) in [5, 5.41) is 7.43. The predicted molar refractivity (Wildman–Crippen MR) is 81.6 cm³/mol. The molecule has 1 aromatic rings. The first-order valence-corrected chi connectivity index (χ1v) is 6.57. The van der Waals surface area contributed by atoms with Crippen LogP contribution in [0.5, 0.6) is 0 Å². The Balaban J connectivity index is 2.65. The van der Waals surface area contributed by atoms with Gasteiger partial charge in [-0.05, 0) is 50.2 Å². The summed E-state index contributed by atoms with van der Waals surface area (Å²) in [5.74, 6) is 0. The highest BCUT2D eigenvalue weighted by Crippen LogP contribution is 2.27. The van der Waals surface area contributed by atoms with Crippen molar-refractivity contribution in [3.05, 3.63) is 28.3 Å². The number of benzene rings is 1. The molecule has 0 aliphatic heterocycles. The number of ether oxygens (including phenoxy) is 1. The topological polar surface area (TPSA) is 33.3 Å². The zero-order chi connectivity index (χ0) is 13.7. The molecule has 0 bridgehead atoms. The lowest BCUT2D eigenvalue weighted by atomic mass is 10.1. The van der Waals surface area contributed by atoms with E-state index in [9.17, 15) is 0 Å². The molecule has 0 amide bonds. The van der Waals surface area contributed by atoms with Gasteiger partial charge in [0, 0.05) is 13.7 Å². The lowest BCUT2D eigenvalue weighted by molar-refractivity contribution is 0.121.